The number of nitrogens with zero attached hydrogens (tertiary/aromatic N) is 3. The molecule has 0 radical (unpaired) electrons. The van der Waals surface area contributed by atoms with Crippen molar-refractivity contribution in [2.45, 2.75) is 50.5 Å². The van der Waals surface area contributed by atoms with E-state index in [1.54, 1.807) is 35.8 Å². The smallest absolute Gasteiger partial charge is 0.263 e. The fourth-order valence-electron chi connectivity index (χ4n) is 3.71. The van der Waals surface area contributed by atoms with E-state index in [4.69, 9.17) is 0 Å². The van der Waals surface area contributed by atoms with Crippen LogP contribution in [0.25, 0.3) is 0 Å². The van der Waals surface area contributed by atoms with Gasteiger partial charge in [-0.05, 0) is 49.9 Å². The molecule has 3 aromatic rings. The first-order valence-electron chi connectivity index (χ1n) is 9.83. The summed E-state index contributed by atoms with van der Waals surface area (Å²) in [5.74, 6) is 1.61. The predicted octanol–water partition coefficient (Wildman–Crippen LogP) is 4.77. The molecule has 2 heterocycles. The third kappa shape index (κ3) is 4.97. The molecule has 154 valence electrons. The van der Waals surface area contributed by atoms with E-state index in [0.717, 1.165) is 23.7 Å². The number of aryl methyl sites for hydroxylation is 1. The van der Waals surface area contributed by atoms with Crippen molar-refractivity contribution in [1.29, 1.82) is 0 Å². The van der Waals surface area contributed by atoms with Gasteiger partial charge < -0.3 is 5.32 Å². The minimum atomic E-state index is -3.64. The molecule has 1 aliphatic rings. The molecule has 0 amide bonds. The number of sulfonamides is 1. The van der Waals surface area contributed by atoms with E-state index in [1.807, 2.05) is 17.7 Å². The van der Waals surface area contributed by atoms with Gasteiger partial charge >= 0.3 is 0 Å². The monoisotopic (exact) mass is 431 g/mol. The van der Waals surface area contributed by atoms with Gasteiger partial charge in [-0.3, -0.25) is 4.72 Å². The van der Waals surface area contributed by atoms with Crippen molar-refractivity contribution < 1.29 is 8.42 Å². The Morgan fingerprint density at radius 3 is 2.62 bits per heavy atom. The van der Waals surface area contributed by atoms with Crippen LogP contribution in [0.1, 0.15) is 37.8 Å². The topological polar surface area (TPSA) is 88.9 Å². The van der Waals surface area contributed by atoms with Gasteiger partial charge in [-0.25, -0.2) is 18.1 Å². The normalized spacial score (nSPS) is 15.3. The summed E-state index contributed by atoms with van der Waals surface area (Å²) in [6.07, 6.45) is 8.03. The molecular formula is C20H25N5O2S2. The molecular weight excluding hydrogens is 406 g/mol. The van der Waals surface area contributed by atoms with Crippen LogP contribution in [-0.2, 0) is 16.6 Å². The fourth-order valence-corrected chi connectivity index (χ4v) is 5.50. The van der Waals surface area contributed by atoms with Gasteiger partial charge in [-0.2, -0.15) is 5.10 Å². The Labute approximate surface area is 175 Å². The SMILES string of the molecule is Cc1cc(Nc2ccc(S(=O)(=O)Nc3nccs3)cc2)n(CC2CCCCC2)n1. The van der Waals surface area contributed by atoms with Gasteiger partial charge in [0, 0.05) is 29.9 Å². The maximum absolute atomic E-state index is 12.5. The van der Waals surface area contributed by atoms with Crippen molar-refractivity contribution in [1.82, 2.24) is 14.8 Å². The van der Waals surface area contributed by atoms with E-state index in [9.17, 15) is 8.42 Å². The van der Waals surface area contributed by atoms with Gasteiger partial charge in [0.15, 0.2) is 5.13 Å². The highest BCUT2D eigenvalue weighted by molar-refractivity contribution is 7.93. The lowest BCUT2D eigenvalue weighted by Crippen LogP contribution is -2.16. The Hall–Kier alpha value is -2.39. The van der Waals surface area contributed by atoms with E-state index in [0.29, 0.717) is 11.0 Å². The quantitative estimate of drug-likeness (QED) is 0.562. The lowest BCUT2D eigenvalue weighted by Gasteiger charge is -2.22. The summed E-state index contributed by atoms with van der Waals surface area (Å²) in [6.45, 7) is 2.91. The van der Waals surface area contributed by atoms with Crippen LogP contribution in [0.15, 0.2) is 46.8 Å². The zero-order chi connectivity index (χ0) is 20.3. The minimum absolute atomic E-state index is 0.199. The molecule has 7 nitrogen and oxygen atoms in total. The molecule has 0 saturated heterocycles. The summed E-state index contributed by atoms with van der Waals surface area (Å²) < 4.78 is 29.5. The first kappa shape index (κ1) is 19.9. The van der Waals surface area contributed by atoms with Gasteiger partial charge in [0.25, 0.3) is 10.0 Å². The van der Waals surface area contributed by atoms with E-state index in [-0.39, 0.29) is 4.90 Å². The van der Waals surface area contributed by atoms with Crippen LogP contribution in [0.2, 0.25) is 0 Å². The lowest BCUT2D eigenvalue weighted by atomic mass is 9.89. The van der Waals surface area contributed by atoms with Gasteiger partial charge in [-0.15, -0.1) is 11.3 Å². The minimum Gasteiger partial charge on any atom is -0.340 e. The molecule has 1 aliphatic carbocycles. The number of hydrogen-bond donors (Lipinski definition) is 2. The zero-order valence-corrected chi connectivity index (χ0v) is 18.0. The highest BCUT2D eigenvalue weighted by Gasteiger charge is 2.18. The summed E-state index contributed by atoms with van der Waals surface area (Å²) in [7, 11) is -3.64. The fraction of sp³-hybridized carbons (Fsp3) is 0.400. The highest BCUT2D eigenvalue weighted by atomic mass is 32.2. The molecule has 1 fully saturated rings. The van der Waals surface area contributed by atoms with E-state index >= 15 is 0 Å². The molecule has 2 aromatic heterocycles. The average molecular weight is 432 g/mol. The van der Waals surface area contributed by atoms with Gasteiger partial charge in [0.05, 0.1) is 10.6 Å². The first-order chi connectivity index (χ1) is 14.0. The van der Waals surface area contributed by atoms with Crippen molar-refractivity contribution in [3.8, 4) is 0 Å². The van der Waals surface area contributed by atoms with Gasteiger partial charge in [-0.1, -0.05) is 19.3 Å². The first-order valence-corrected chi connectivity index (χ1v) is 12.2. The van der Waals surface area contributed by atoms with Crippen LogP contribution in [0.5, 0.6) is 0 Å². The summed E-state index contributed by atoms with van der Waals surface area (Å²) in [5.41, 5.74) is 1.79. The Morgan fingerprint density at radius 2 is 1.93 bits per heavy atom. The van der Waals surface area contributed by atoms with Crippen molar-refractivity contribution in [2.24, 2.45) is 5.92 Å². The standard InChI is InChI=1S/C20H25N5O2S2/c1-15-13-19(25(23-15)14-16-5-3-2-4-6-16)22-17-7-9-18(10-8-17)29(26,27)24-20-21-11-12-28-20/h7-13,16,22H,2-6,14H2,1H3,(H,21,24). The van der Waals surface area contributed by atoms with Crippen LogP contribution >= 0.6 is 11.3 Å². The van der Waals surface area contributed by atoms with Gasteiger partial charge in [0.1, 0.15) is 5.82 Å². The number of aromatic nitrogens is 3. The van der Waals surface area contributed by atoms with Crippen molar-refractivity contribution >= 4 is 38.0 Å². The van der Waals surface area contributed by atoms with Crippen LogP contribution in [0, 0.1) is 12.8 Å². The molecule has 9 heteroatoms. The molecule has 29 heavy (non-hydrogen) atoms. The van der Waals surface area contributed by atoms with Crippen LogP contribution < -0.4 is 10.0 Å². The van der Waals surface area contributed by atoms with Crippen molar-refractivity contribution in [3.63, 3.8) is 0 Å². The molecule has 1 saturated carbocycles. The zero-order valence-electron chi connectivity index (χ0n) is 16.3. The molecule has 1 aromatic carbocycles. The maximum Gasteiger partial charge on any atom is 0.263 e. The van der Waals surface area contributed by atoms with Crippen molar-refractivity contribution in [2.75, 3.05) is 10.0 Å². The lowest BCUT2D eigenvalue weighted by molar-refractivity contribution is 0.309. The number of benzene rings is 1. The molecule has 0 aliphatic heterocycles. The van der Waals surface area contributed by atoms with Crippen LogP contribution in [0.4, 0.5) is 16.6 Å². The Kier molecular flexibility index (Phi) is 5.86. The Bertz CT molecular complexity index is 1040. The number of thiazole rings is 1. The molecule has 4 rings (SSSR count). The van der Waals surface area contributed by atoms with E-state index in [1.165, 1.54) is 43.4 Å². The Morgan fingerprint density at radius 1 is 1.17 bits per heavy atom. The number of nitrogens with one attached hydrogen (secondary N) is 2. The third-order valence-electron chi connectivity index (χ3n) is 5.15. The van der Waals surface area contributed by atoms with Gasteiger partial charge in [0.2, 0.25) is 0 Å². The summed E-state index contributed by atoms with van der Waals surface area (Å²) in [6, 6.07) is 8.74. The summed E-state index contributed by atoms with van der Waals surface area (Å²) in [5, 5.41) is 10.1. The number of hydrogen-bond acceptors (Lipinski definition) is 6. The summed E-state index contributed by atoms with van der Waals surface area (Å²) >= 11 is 1.24. The molecule has 0 atom stereocenters. The van der Waals surface area contributed by atoms with E-state index in [2.05, 4.69) is 20.1 Å². The predicted molar refractivity (Wildman–Crippen MR) is 116 cm³/mol. The third-order valence-corrected chi connectivity index (χ3v) is 7.32. The molecule has 0 bridgehead atoms. The van der Waals surface area contributed by atoms with Crippen molar-refractivity contribution in [3.05, 3.63) is 47.6 Å². The maximum atomic E-state index is 12.5. The second-order valence-electron chi connectivity index (χ2n) is 7.45. The second kappa shape index (κ2) is 8.54. The van der Waals surface area contributed by atoms with E-state index < -0.39 is 10.0 Å². The second-order valence-corrected chi connectivity index (χ2v) is 10.0. The molecule has 2 N–H and O–H groups in total. The summed E-state index contributed by atoms with van der Waals surface area (Å²) in [4.78, 5) is 4.17. The molecule has 0 unspecified atom stereocenters. The highest BCUT2D eigenvalue weighted by Crippen LogP contribution is 2.27. The number of rotatable bonds is 7. The number of anilines is 3. The largest absolute Gasteiger partial charge is 0.340 e. The van der Waals surface area contributed by atoms with Crippen LogP contribution in [0.3, 0.4) is 0 Å². The van der Waals surface area contributed by atoms with Crippen LogP contribution in [-0.4, -0.2) is 23.2 Å². The Balaban J connectivity index is 1.46. The average Bonchev–Trinajstić information content (AvgIpc) is 3.32. The molecule has 0 spiro atoms.